The Morgan fingerprint density at radius 3 is 2.48 bits per heavy atom. The molecule has 0 saturated heterocycles. The third-order valence-corrected chi connectivity index (χ3v) is 3.20. The number of carboxylic acid groups (broad SMARTS) is 1. The highest BCUT2D eigenvalue weighted by atomic mass is 35.5. The summed E-state index contributed by atoms with van der Waals surface area (Å²) in [4.78, 5) is 23.3. The van der Waals surface area contributed by atoms with Crippen LogP contribution in [0.4, 0.5) is 5.69 Å². The molecule has 21 heavy (non-hydrogen) atoms. The number of aryl methyl sites for hydroxylation is 1. The summed E-state index contributed by atoms with van der Waals surface area (Å²) in [5.41, 5.74) is 0.712. The first kappa shape index (κ1) is 14.9. The molecule has 0 bridgehead atoms. The van der Waals surface area contributed by atoms with Gasteiger partial charge < -0.3 is 15.5 Å². The third kappa shape index (κ3) is 3.14. The fraction of sp³-hybridized carbons (Fsp3) is 0.0667. The highest BCUT2D eigenvalue weighted by molar-refractivity contribution is 6.35. The van der Waals surface area contributed by atoms with Gasteiger partial charge in [0.15, 0.2) is 0 Å². The molecule has 6 heteroatoms. The Hall–Kier alpha value is -2.53. The summed E-state index contributed by atoms with van der Waals surface area (Å²) in [6.07, 6.45) is 0. The Balaban J connectivity index is 2.38. The SMILES string of the molecule is Cc1ccc(C(=O)Nc2c(Cl)cccc2C(=O)O)c(O)c1. The number of aromatic carboxylic acids is 1. The second-order valence-electron chi connectivity index (χ2n) is 4.44. The minimum atomic E-state index is -1.21. The lowest BCUT2D eigenvalue weighted by Gasteiger charge is -2.11. The van der Waals surface area contributed by atoms with Crippen LogP contribution in [0.25, 0.3) is 0 Å². The van der Waals surface area contributed by atoms with Crippen molar-refractivity contribution >= 4 is 29.2 Å². The number of carboxylic acids is 1. The smallest absolute Gasteiger partial charge is 0.337 e. The van der Waals surface area contributed by atoms with Crippen LogP contribution in [0, 0.1) is 6.92 Å². The van der Waals surface area contributed by atoms with Crippen molar-refractivity contribution in [3.8, 4) is 5.75 Å². The molecular weight excluding hydrogens is 294 g/mol. The molecule has 2 aromatic rings. The van der Waals surface area contributed by atoms with Crippen molar-refractivity contribution in [3.63, 3.8) is 0 Å². The van der Waals surface area contributed by atoms with Gasteiger partial charge in [0.25, 0.3) is 5.91 Å². The van der Waals surface area contributed by atoms with E-state index in [4.69, 9.17) is 16.7 Å². The zero-order valence-electron chi connectivity index (χ0n) is 11.1. The van der Waals surface area contributed by atoms with E-state index in [9.17, 15) is 14.7 Å². The van der Waals surface area contributed by atoms with Gasteiger partial charge in [-0.15, -0.1) is 0 Å². The Morgan fingerprint density at radius 2 is 1.86 bits per heavy atom. The molecule has 0 heterocycles. The van der Waals surface area contributed by atoms with Crippen LogP contribution in [0.1, 0.15) is 26.3 Å². The molecule has 0 saturated carbocycles. The summed E-state index contributed by atoms with van der Waals surface area (Å²) in [6, 6.07) is 8.85. The van der Waals surface area contributed by atoms with Gasteiger partial charge in [-0.2, -0.15) is 0 Å². The monoisotopic (exact) mass is 305 g/mol. The van der Waals surface area contributed by atoms with E-state index >= 15 is 0 Å². The maximum Gasteiger partial charge on any atom is 0.337 e. The molecule has 108 valence electrons. The van der Waals surface area contributed by atoms with Crippen LogP contribution in [0.2, 0.25) is 5.02 Å². The number of carbonyl (C=O) groups is 2. The van der Waals surface area contributed by atoms with Crippen molar-refractivity contribution in [2.75, 3.05) is 5.32 Å². The first-order valence-corrected chi connectivity index (χ1v) is 6.40. The van der Waals surface area contributed by atoms with Crippen molar-refractivity contribution in [2.45, 2.75) is 6.92 Å². The number of phenols is 1. The molecule has 0 radical (unpaired) electrons. The van der Waals surface area contributed by atoms with E-state index in [1.165, 1.54) is 30.3 Å². The van der Waals surface area contributed by atoms with Gasteiger partial charge in [0, 0.05) is 0 Å². The normalized spacial score (nSPS) is 10.2. The number of amides is 1. The summed E-state index contributed by atoms with van der Waals surface area (Å²) < 4.78 is 0. The minimum absolute atomic E-state index is 0.00311. The second-order valence-corrected chi connectivity index (χ2v) is 4.85. The van der Waals surface area contributed by atoms with Gasteiger partial charge in [0.1, 0.15) is 5.75 Å². The Morgan fingerprint density at radius 1 is 1.14 bits per heavy atom. The van der Waals surface area contributed by atoms with Gasteiger partial charge in [-0.05, 0) is 36.8 Å². The van der Waals surface area contributed by atoms with Gasteiger partial charge in [-0.3, -0.25) is 4.79 Å². The Kier molecular flexibility index (Phi) is 4.14. The molecule has 0 aliphatic rings. The van der Waals surface area contributed by atoms with E-state index < -0.39 is 11.9 Å². The zero-order valence-corrected chi connectivity index (χ0v) is 11.8. The topological polar surface area (TPSA) is 86.6 Å². The highest BCUT2D eigenvalue weighted by Crippen LogP contribution is 2.28. The van der Waals surface area contributed by atoms with E-state index in [1.54, 1.807) is 13.0 Å². The number of hydrogen-bond acceptors (Lipinski definition) is 3. The van der Waals surface area contributed by atoms with Crippen molar-refractivity contribution < 1.29 is 19.8 Å². The van der Waals surface area contributed by atoms with Crippen LogP contribution in [0.15, 0.2) is 36.4 Å². The standard InChI is InChI=1S/C15H12ClNO4/c1-8-5-6-9(12(18)7-8)14(19)17-13-10(15(20)21)3-2-4-11(13)16/h2-7,18H,1H3,(H,17,19)(H,20,21). The van der Waals surface area contributed by atoms with E-state index in [0.29, 0.717) is 0 Å². The number of nitrogens with one attached hydrogen (secondary N) is 1. The summed E-state index contributed by atoms with van der Waals surface area (Å²) in [6.45, 7) is 1.78. The van der Waals surface area contributed by atoms with Gasteiger partial charge in [-0.1, -0.05) is 23.7 Å². The summed E-state index contributed by atoms with van der Waals surface area (Å²) >= 11 is 5.93. The lowest BCUT2D eigenvalue weighted by Crippen LogP contribution is -2.15. The van der Waals surface area contributed by atoms with Gasteiger partial charge in [-0.25, -0.2) is 4.79 Å². The molecule has 3 N–H and O–H groups in total. The predicted molar refractivity (Wildman–Crippen MR) is 79.2 cm³/mol. The average molecular weight is 306 g/mol. The number of hydrogen-bond donors (Lipinski definition) is 3. The summed E-state index contributed by atoms with van der Waals surface area (Å²) in [5, 5.41) is 21.4. The first-order chi connectivity index (χ1) is 9.90. The van der Waals surface area contributed by atoms with E-state index in [1.807, 2.05) is 0 Å². The Labute approximate surface area is 125 Å². The Bertz CT molecular complexity index is 728. The van der Waals surface area contributed by atoms with E-state index in [-0.39, 0.29) is 27.6 Å². The van der Waals surface area contributed by atoms with Crippen molar-refractivity contribution in [3.05, 3.63) is 58.1 Å². The number of anilines is 1. The fourth-order valence-electron chi connectivity index (χ4n) is 1.84. The van der Waals surface area contributed by atoms with Crippen molar-refractivity contribution in [1.82, 2.24) is 0 Å². The van der Waals surface area contributed by atoms with Crippen LogP contribution in [-0.2, 0) is 0 Å². The quantitative estimate of drug-likeness (QED) is 0.812. The van der Waals surface area contributed by atoms with Crippen LogP contribution in [0.3, 0.4) is 0 Å². The number of benzene rings is 2. The molecule has 0 atom stereocenters. The predicted octanol–water partition coefficient (Wildman–Crippen LogP) is 3.30. The van der Waals surface area contributed by atoms with Crippen molar-refractivity contribution in [2.24, 2.45) is 0 Å². The fourth-order valence-corrected chi connectivity index (χ4v) is 2.07. The molecule has 0 aliphatic carbocycles. The maximum atomic E-state index is 12.2. The van der Waals surface area contributed by atoms with Gasteiger partial charge in [0.2, 0.25) is 0 Å². The summed E-state index contributed by atoms with van der Waals surface area (Å²) in [7, 11) is 0. The lowest BCUT2D eigenvalue weighted by molar-refractivity contribution is 0.0698. The molecule has 2 rings (SSSR count). The molecule has 5 nitrogen and oxygen atoms in total. The lowest BCUT2D eigenvalue weighted by atomic mass is 10.1. The van der Waals surface area contributed by atoms with E-state index in [0.717, 1.165) is 5.56 Å². The maximum absolute atomic E-state index is 12.2. The molecule has 2 aromatic carbocycles. The summed E-state index contributed by atoms with van der Waals surface area (Å²) in [5.74, 6) is -2.03. The first-order valence-electron chi connectivity index (χ1n) is 6.03. The number of phenolic OH excluding ortho intramolecular Hbond substituents is 1. The zero-order chi connectivity index (χ0) is 15.6. The second kappa shape index (κ2) is 5.85. The minimum Gasteiger partial charge on any atom is -0.507 e. The van der Waals surface area contributed by atoms with Crippen LogP contribution in [0.5, 0.6) is 5.75 Å². The van der Waals surface area contributed by atoms with Crippen LogP contribution in [-0.4, -0.2) is 22.1 Å². The number of aromatic hydroxyl groups is 1. The molecule has 0 spiro atoms. The number of para-hydroxylation sites is 1. The van der Waals surface area contributed by atoms with Gasteiger partial charge >= 0.3 is 5.97 Å². The number of carbonyl (C=O) groups excluding carboxylic acids is 1. The van der Waals surface area contributed by atoms with E-state index in [2.05, 4.69) is 5.32 Å². The molecule has 1 amide bonds. The molecule has 0 aromatic heterocycles. The van der Waals surface area contributed by atoms with Crippen LogP contribution < -0.4 is 5.32 Å². The van der Waals surface area contributed by atoms with Crippen molar-refractivity contribution in [1.29, 1.82) is 0 Å². The average Bonchev–Trinajstić information content (AvgIpc) is 2.40. The number of rotatable bonds is 3. The molecule has 0 aliphatic heterocycles. The third-order valence-electron chi connectivity index (χ3n) is 2.88. The highest BCUT2D eigenvalue weighted by Gasteiger charge is 2.18. The molecule has 0 unspecified atom stereocenters. The largest absolute Gasteiger partial charge is 0.507 e. The molecular formula is C15H12ClNO4. The number of halogens is 1. The van der Waals surface area contributed by atoms with Gasteiger partial charge in [0.05, 0.1) is 21.8 Å². The van der Waals surface area contributed by atoms with Crippen LogP contribution >= 0.6 is 11.6 Å². The molecule has 0 fully saturated rings.